The van der Waals surface area contributed by atoms with E-state index in [-0.39, 0.29) is 0 Å². The monoisotopic (exact) mass is 702 g/mol. The molecule has 0 saturated heterocycles. The number of fused-ring (bicyclic) bond motifs is 6. The molecule has 0 bridgehead atoms. The highest BCUT2D eigenvalue weighted by Gasteiger charge is 2.20. The van der Waals surface area contributed by atoms with E-state index in [0.29, 0.717) is 5.02 Å². The number of hydrogen-bond donors (Lipinski definition) is 0. The molecule has 5 heteroatoms. The van der Waals surface area contributed by atoms with E-state index in [2.05, 4.69) is 143 Å². The molecule has 252 valence electrons. The predicted octanol–water partition coefficient (Wildman–Crippen LogP) is 14.7. The molecule has 0 unspecified atom stereocenters. The van der Waals surface area contributed by atoms with Gasteiger partial charge in [0.2, 0.25) is 0 Å². The number of halogens is 1. The molecule has 0 amide bonds. The molecular formula is C48H31ClN2O2. The SMILES string of the molecule is Clc1cccc(N(c2cccc(N(c3ccccc3)c3cccc(-c4cccc5c4oc4ccccc45)c3)c2)c2ccc3oc4ccccc4c3c2)c1. The normalized spacial score (nSPS) is 11.5. The first-order valence-electron chi connectivity index (χ1n) is 17.6. The summed E-state index contributed by atoms with van der Waals surface area (Å²) >= 11 is 6.63. The van der Waals surface area contributed by atoms with Gasteiger partial charge in [0.1, 0.15) is 22.3 Å². The van der Waals surface area contributed by atoms with Crippen molar-refractivity contribution in [1.29, 1.82) is 0 Å². The molecule has 0 atom stereocenters. The second-order valence-electron chi connectivity index (χ2n) is 13.1. The number of furan rings is 2. The van der Waals surface area contributed by atoms with Crippen molar-refractivity contribution >= 4 is 89.6 Å². The van der Waals surface area contributed by atoms with Crippen molar-refractivity contribution in [1.82, 2.24) is 0 Å². The molecule has 2 aromatic heterocycles. The van der Waals surface area contributed by atoms with Gasteiger partial charge in [0.25, 0.3) is 0 Å². The highest BCUT2D eigenvalue weighted by Crippen LogP contribution is 2.44. The Balaban J connectivity index is 1.13. The Morgan fingerprint density at radius 1 is 0.340 bits per heavy atom. The molecule has 0 radical (unpaired) electrons. The lowest BCUT2D eigenvalue weighted by Crippen LogP contribution is -2.13. The van der Waals surface area contributed by atoms with Gasteiger partial charge in [-0.2, -0.15) is 0 Å². The second kappa shape index (κ2) is 12.8. The van der Waals surface area contributed by atoms with Gasteiger partial charge in [-0.25, -0.2) is 0 Å². The molecule has 0 saturated carbocycles. The fourth-order valence-corrected chi connectivity index (χ4v) is 7.68. The Hall–Kier alpha value is -6.75. The van der Waals surface area contributed by atoms with E-state index in [1.165, 1.54) is 0 Å². The summed E-state index contributed by atoms with van der Waals surface area (Å²) in [5.41, 5.74) is 11.6. The van der Waals surface area contributed by atoms with Crippen LogP contribution in [0.2, 0.25) is 5.02 Å². The fraction of sp³-hybridized carbons (Fsp3) is 0. The molecule has 2 heterocycles. The van der Waals surface area contributed by atoms with Gasteiger partial charge in [-0.15, -0.1) is 0 Å². The van der Waals surface area contributed by atoms with Gasteiger partial charge in [0.05, 0.1) is 0 Å². The van der Waals surface area contributed by atoms with Crippen molar-refractivity contribution in [3.8, 4) is 11.1 Å². The molecule has 0 aliphatic carbocycles. The smallest absolute Gasteiger partial charge is 0.143 e. The Bertz CT molecular complexity index is 2950. The minimum atomic E-state index is 0.667. The van der Waals surface area contributed by atoms with Crippen LogP contribution in [0.3, 0.4) is 0 Å². The zero-order chi connectivity index (χ0) is 35.3. The summed E-state index contributed by atoms with van der Waals surface area (Å²) in [6.45, 7) is 0. The predicted molar refractivity (Wildman–Crippen MR) is 221 cm³/mol. The average Bonchev–Trinajstić information content (AvgIpc) is 3.77. The van der Waals surface area contributed by atoms with Crippen LogP contribution in [0.4, 0.5) is 34.1 Å². The van der Waals surface area contributed by atoms with Gasteiger partial charge >= 0.3 is 0 Å². The first kappa shape index (κ1) is 31.0. The van der Waals surface area contributed by atoms with Crippen molar-refractivity contribution in [3.63, 3.8) is 0 Å². The molecule has 10 rings (SSSR count). The zero-order valence-electron chi connectivity index (χ0n) is 28.5. The summed E-state index contributed by atoms with van der Waals surface area (Å²) in [4.78, 5) is 4.55. The van der Waals surface area contributed by atoms with Crippen LogP contribution in [0.1, 0.15) is 0 Å². The molecule has 0 spiro atoms. The van der Waals surface area contributed by atoms with Crippen LogP contribution in [0.5, 0.6) is 0 Å². The maximum Gasteiger partial charge on any atom is 0.143 e. The van der Waals surface area contributed by atoms with Gasteiger partial charge in [-0.05, 0) is 96.6 Å². The van der Waals surface area contributed by atoms with Crippen LogP contribution >= 0.6 is 11.6 Å². The van der Waals surface area contributed by atoms with Gasteiger partial charge < -0.3 is 18.6 Å². The third-order valence-corrected chi connectivity index (χ3v) is 10.1. The van der Waals surface area contributed by atoms with Gasteiger partial charge in [0, 0.05) is 66.3 Å². The Morgan fingerprint density at radius 2 is 0.868 bits per heavy atom. The van der Waals surface area contributed by atoms with E-state index in [4.69, 9.17) is 20.4 Å². The first-order chi connectivity index (χ1) is 26.2. The zero-order valence-corrected chi connectivity index (χ0v) is 29.2. The van der Waals surface area contributed by atoms with E-state index in [9.17, 15) is 0 Å². The molecule has 0 aliphatic rings. The van der Waals surface area contributed by atoms with E-state index in [1.807, 2.05) is 54.6 Å². The van der Waals surface area contributed by atoms with Crippen molar-refractivity contribution in [2.75, 3.05) is 9.80 Å². The standard InChI is InChI=1S/C48H31ClN2O2/c49-33-13-9-17-36(29-33)51(39-26-27-47-44(31-39)42-21-5-6-24-45(42)52-47)38-19-10-18-37(30-38)50(34-14-2-1-3-15-34)35-16-8-12-32(28-35)40-22-11-23-43-41-20-4-7-25-46(41)53-48(40)43/h1-31H. The topological polar surface area (TPSA) is 32.8 Å². The van der Waals surface area contributed by atoms with Crippen LogP contribution < -0.4 is 9.80 Å². The summed E-state index contributed by atoms with van der Waals surface area (Å²) in [7, 11) is 0. The lowest BCUT2D eigenvalue weighted by molar-refractivity contribution is 0.669. The van der Waals surface area contributed by atoms with E-state index < -0.39 is 0 Å². The minimum Gasteiger partial charge on any atom is -0.456 e. The highest BCUT2D eigenvalue weighted by molar-refractivity contribution is 6.30. The van der Waals surface area contributed by atoms with Crippen LogP contribution in [-0.4, -0.2) is 0 Å². The Morgan fingerprint density at radius 3 is 1.64 bits per heavy atom. The number of para-hydroxylation sites is 4. The van der Waals surface area contributed by atoms with Crippen molar-refractivity contribution in [2.24, 2.45) is 0 Å². The molecular weight excluding hydrogens is 672 g/mol. The summed E-state index contributed by atoms with van der Waals surface area (Å²) in [6, 6.07) is 64.9. The molecule has 0 fully saturated rings. The van der Waals surface area contributed by atoms with Crippen LogP contribution in [0, 0.1) is 0 Å². The molecule has 8 aromatic carbocycles. The lowest BCUT2D eigenvalue weighted by atomic mass is 10.0. The van der Waals surface area contributed by atoms with Gasteiger partial charge in [0.15, 0.2) is 0 Å². The first-order valence-corrected chi connectivity index (χ1v) is 18.0. The van der Waals surface area contributed by atoms with Crippen molar-refractivity contribution in [3.05, 3.63) is 193 Å². The molecule has 0 N–H and O–H groups in total. The Labute approximate surface area is 311 Å². The van der Waals surface area contributed by atoms with Gasteiger partial charge in [-0.3, -0.25) is 0 Å². The summed E-state index contributed by atoms with van der Waals surface area (Å²) in [5, 5.41) is 5.04. The van der Waals surface area contributed by atoms with E-state index >= 15 is 0 Å². The third kappa shape index (κ3) is 5.48. The lowest BCUT2D eigenvalue weighted by Gasteiger charge is -2.29. The quantitative estimate of drug-likeness (QED) is 0.165. The summed E-state index contributed by atoms with van der Waals surface area (Å²) < 4.78 is 12.6. The van der Waals surface area contributed by atoms with E-state index in [0.717, 1.165) is 89.1 Å². The fourth-order valence-electron chi connectivity index (χ4n) is 7.50. The molecule has 53 heavy (non-hydrogen) atoms. The summed E-state index contributed by atoms with van der Waals surface area (Å²) in [5.74, 6) is 0. The third-order valence-electron chi connectivity index (χ3n) is 9.87. The van der Waals surface area contributed by atoms with Crippen LogP contribution in [-0.2, 0) is 0 Å². The van der Waals surface area contributed by atoms with E-state index in [1.54, 1.807) is 0 Å². The number of rotatable bonds is 7. The van der Waals surface area contributed by atoms with Crippen molar-refractivity contribution < 1.29 is 8.83 Å². The highest BCUT2D eigenvalue weighted by atomic mass is 35.5. The largest absolute Gasteiger partial charge is 0.456 e. The number of anilines is 6. The second-order valence-corrected chi connectivity index (χ2v) is 13.6. The number of nitrogens with zero attached hydrogens (tertiary/aromatic N) is 2. The summed E-state index contributed by atoms with van der Waals surface area (Å²) in [6.07, 6.45) is 0. The number of hydrogen-bond acceptors (Lipinski definition) is 4. The molecule has 0 aliphatic heterocycles. The maximum atomic E-state index is 6.63. The van der Waals surface area contributed by atoms with Crippen LogP contribution in [0.25, 0.3) is 55.0 Å². The average molecular weight is 703 g/mol. The maximum absolute atomic E-state index is 6.63. The Kier molecular flexibility index (Phi) is 7.48. The number of benzene rings is 8. The molecule has 4 nitrogen and oxygen atoms in total. The minimum absolute atomic E-state index is 0.667. The van der Waals surface area contributed by atoms with Crippen molar-refractivity contribution in [2.45, 2.75) is 0 Å². The van der Waals surface area contributed by atoms with Crippen LogP contribution in [0.15, 0.2) is 197 Å². The molecule has 10 aromatic rings. The van der Waals surface area contributed by atoms with Gasteiger partial charge in [-0.1, -0.05) is 109 Å².